The van der Waals surface area contributed by atoms with Gasteiger partial charge in [-0.15, -0.1) is 0 Å². The Labute approximate surface area is 211 Å². The van der Waals surface area contributed by atoms with Gasteiger partial charge in [-0.1, -0.05) is 17.8 Å². The molecule has 0 spiro atoms. The second-order valence-electron chi connectivity index (χ2n) is 9.31. The highest BCUT2D eigenvalue weighted by molar-refractivity contribution is 8.15. The molecule has 3 N–H and O–H groups in total. The lowest BCUT2D eigenvalue weighted by molar-refractivity contribution is -0.123. The molecule has 1 amide bonds. The molecule has 0 saturated heterocycles. The summed E-state index contributed by atoms with van der Waals surface area (Å²) in [5, 5.41) is 3.32. The van der Waals surface area contributed by atoms with Gasteiger partial charge in [0, 0.05) is 48.3 Å². The first-order valence-electron chi connectivity index (χ1n) is 11.3. The summed E-state index contributed by atoms with van der Waals surface area (Å²) in [4.78, 5) is 31.0. The summed E-state index contributed by atoms with van der Waals surface area (Å²) in [7, 11) is 3.30. The van der Waals surface area contributed by atoms with Crippen molar-refractivity contribution in [3.8, 4) is 0 Å². The zero-order valence-corrected chi connectivity index (χ0v) is 20.8. The summed E-state index contributed by atoms with van der Waals surface area (Å²) >= 11 is 1.28. The topological polar surface area (TPSA) is 109 Å². The van der Waals surface area contributed by atoms with Crippen LogP contribution in [0.2, 0.25) is 0 Å². The Morgan fingerprint density at radius 1 is 1.31 bits per heavy atom. The minimum atomic E-state index is -1.51. The number of thioether (sulfide) groups is 1. The molecule has 3 atom stereocenters. The molecule has 1 saturated carbocycles. The average Bonchev–Trinajstić information content (AvgIpc) is 3.58. The van der Waals surface area contributed by atoms with Crippen LogP contribution in [0, 0.1) is 18.7 Å². The molecule has 1 aliphatic carbocycles. The van der Waals surface area contributed by atoms with Gasteiger partial charge in [0.15, 0.2) is 11.0 Å². The largest absolute Gasteiger partial charge is 0.378 e. The summed E-state index contributed by atoms with van der Waals surface area (Å²) in [5.41, 5.74) is 7.40. The number of aliphatic imine (C=N–C) groups is 1. The van der Waals surface area contributed by atoms with E-state index in [1.807, 2.05) is 13.0 Å². The lowest BCUT2D eigenvalue weighted by atomic mass is 9.84. The number of rotatable bonds is 6. The number of hydrogen-bond donors (Lipinski definition) is 2. The number of nitrogens with one attached hydrogen (secondary N) is 1. The number of aromatic nitrogens is 3. The molecule has 8 nitrogen and oxygen atoms in total. The molecule has 1 unspecified atom stereocenters. The van der Waals surface area contributed by atoms with Crippen molar-refractivity contribution in [1.29, 1.82) is 0 Å². The Bertz CT molecular complexity index is 1430. The molecular weight excluding hydrogens is 484 g/mol. The first-order chi connectivity index (χ1) is 17.2. The molecule has 5 rings (SSSR count). The van der Waals surface area contributed by atoms with E-state index in [-0.39, 0.29) is 22.6 Å². The Kier molecular flexibility index (Phi) is 5.90. The Balaban J connectivity index is 1.53. The Hall–Kier alpha value is -3.60. The molecule has 3 heterocycles. The van der Waals surface area contributed by atoms with Crippen LogP contribution in [0.1, 0.15) is 17.5 Å². The number of amides is 1. The zero-order valence-electron chi connectivity index (χ0n) is 20.0. The van der Waals surface area contributed by atoms with Gasteiger partial charge in [0.1, 0.15) is 29.9 Å². The van der Waals surface area contributed by atoms with Gasteiger partial charge in [0.05, 0.1) is 5.52 Å². The van der Waals surface area contributed by atoms with E-state index < -0.39 is 22.8 Å². The number of anilines is 2. The van der Waals surface area contributed by atoms with Crippen molar-refractivity contribution in [2.24, 2.45) is 16.6 Å². The minimum absolute atomic E-state index is 0.0969. The number of alkyl halides is 1. The molecule has 36 heavy (non-hydrogen) atoms. The number of likely N-dealkylation sites (N-methyl/N-ethyl adjacent to an activating group) is 1. The normalized spacial score (nSPS) is 24.9. The van der Waals surface area contributed by atoms with Crippen LogP contribution in [0.15, 0.2) is 53.9 Å². The van der Waals surface area contributed by atoms with Crippen LogP contribution in [0.5, 0.6) is 0 Å². The lowest BCUT2D eigenvalue weighted by Crippen LogP contribution is -2.39. The van der Waals surface area contributed by atoms with Gasteiger partial charge in [-0.25, -0.2) is 23.7 Å². The van der Waals surface area contributed by atoms with Crippen molar-refractivity contribution >= 4 is 45.4 Å². The van der Waals surface area contributed by atoms with Gasteiger partial charge < -0.3 is 16.0 Å². The number of hydrogen-bond acceptors (Lipinski definition) is 8. The standard InChI is InChI=1S/C25H25F2N7OS/c1-14-8-18-21(29-11-14)22(31-13-30-18)32-15-4-5-17(27)16(9-15)25(12-26)19-10-24(19,36-23(28)33-25)7-6-20(35)34(2)3/h4-9,11,13,19H,10,12H2,1-3H3,(H2,28,33)(H,30,31,32)/b7-6+/t19?,24-,25+/m0/s1. The van der Waals surface area contributed by atoms with E-state index in [1.54, 1.807) is 38.5 Å². The highest BCUT2D eigenvalue weighted by atomic mass is 32.2. The maximum absolute atomic E-state index is 15.3. The summed E-state index contributed by atoms with van der Waals surface area (Å²) in [5.74, 6) is -0.703. The average molecular weight is 510 g/mol. The first kappa shape index (κ1) is 24.1. The van der Waals surface area contributed by atoms with Crippen LogP contribution in [-0.2, 0) is 10.3 Å². The summed E-state index contributed by atoms with van der Waals surface area (Å²) < 4.78 is 29.5. The van der Waals surface area contributed by atoms with Crippen molar-refractivity contribution in [3.05, 3.63) is 65.9 Å². The number of aryl methyl sites for hydroxylation is 1. The zero-order chi connectivity index (χ0) is 25.7. The van der Waals surface area contributed by atoms with Crippen molar-refractivity contribution in [2.45, 2.75) is 23.6 Å². The van der Waals surface area contributed by atoms with Gasteiger partial charge >= 0.3 is 0 Å². The molecule has 11 heteroatoms. The van der Waals surface area contributed by atoms with Crippen LogP contribution in [0.3, 0.4) is 0 Å². The van der Waals surface area contributed by atoms with E-state index in [9.17, 15) is 9.18 Å². The third-order valence-electron chi connectivity index (χ3n) is 6.59. The van der Waals surface area contributed by atoms with Crippen LogP contribution in [-0.4, -0.2) is 56.4 Å². The van der Waals surface area contributed by atoms with E-state index in [0.29, 0.717) is 29.0 Å². The fourth-order valence-corrected chi connectivity index (χ4v) is 5.99. The van der Waals surface area contributed by atoms with Crippen LogP contribution in [0.4, 0.5) is 20.3 Å². The number of fused-ring (bicyclic) bond motifs is 2. The molecule has 2 aromatic heterocycles. The first-order valence-corrected chi connectivity index (χ1v) is 12.1. The molecule has 2 aliphatic rings. The lowest BCUT2D eigenvalue weighted by Gasteiger charge is -2.34. The van der Waals surface area contributed by atoms with Crippen molar-refractivity contribution in [2.75, 3.05) is 26.1 Å². The third-order valence-corrected chi connectivity index (χ3v) is 7.86. The fraction of sp³-hybridized carbons (Fsp3) is 0.320. The second-order valence-corrected chi connectivity index (χ2v) is 10.7. The predicted molar refractivity (Wildman–Crippen MR) is 137 cm³/mol. The molecule has 1 aliphatic heterocycles. The van der Waals surface area contributed by atoms with Crippen molar-refractivity contribution in [3.63, 3.8) is 0 Å². The maximum atomic E-state index is 15.3. The molecular formula is C25H25F2N7OS. The molecule has 1 aromatic carbocycles. The molecule has 1 fully saturated rings. The number of nitrogens with two attached hydrogens (primary N) is 1. The highest BCUT2D eigenvalue weighted by Crippen LogP contribution is 2.67. The second kappa shape index (κ2) is 8.81. The van der Waals surface area contributed by atoms with Gasteiger partial charge in [0.2, 0.25) is 5.91 Å². The summed E-state index contributed by atoms with van der Waals surface area (Å²) in [6.07, 6.45) is 6.85. The monoisotopic (exact) mass is 509 g/mol. The molecule has 0 bridgehead atoms. The van der Waals surface area contributed by atoms with E-state index >= 15 is 4.39 Å². The quantitative estimate of drug-likeness (QED) is 0.486. The van der Waals surface area contributed by atoms with Gasteiger partial charge in [0.25, 0.3) is 0 Å². The SMILES string of the molecule is Cc1cnc2c(Nc3ccc(F)c([C@@]4(CF)N=C(N)S[C@@]5(/C=C/C(=O)N(C)C)CC54)c3)ncnc2c1. The van der Waals surface area contributed by atoms with E-state index in [2.05, 4.69) is 25.3 Å². The minimum Gasteiger partial charge on any atom is -0.378 e. The molecule has 186 valence electrons. The van der Waals surface area contributed by atoms with Gasteiger partial charge in [-0.05, 0) is 43.2 Å². The number of carbonyl (C=O) groups excluding carboxylic acids is 1. The number of halogens is 2. The number of nitrogens with zero attached hydrogens (tertiary/aromatic N) is 5. The molecule has 0 radical (unpaired) electrons. The van der Waals surface area contributed by atoms with E-state index in [0.717, 1.165) is 5.56 Å². The van der Waals surface area contributed by atoms with Crippen LogP contribution >= 0.6 is 11.8 Å². The smallest absolute Gasteiger partial charge is 0.245 e. The van der Waals surface area contributed by atoms with Crippen molar-refractivity contribution in [1.82, 2.24) is 19.9 Å². The maximum Gasteiger partial charge on any atom is 0.245 e. The summed E-state index contributed by atoms with van der Waals surface area (Å²) in [6.45, 7) is 0.982. The van der Waals surface area contributed by atoms with Gasteiger partial charge in [-0.2, -0.15) is 0 Å². The van der Waals surface area contributed by atoms with Crippen LogP contribution < -0.4 is 11.1 Å². The summed E-state index contributed by atoms with van der Waals surface area (Å²) in [6, 6.07) is 6.26. The highest BCUT2D eigenvalue weighted by Gasteiger charge is 2.67. The third kappa shape index (κ3) is 4.06. The van der Waals surface area contributed by atoms with Crippen molar-refractivity contribution < 1.29 is 13.6 Å². The fourth-order valence-electron chi connectivity index (χ4n) is 4.67. The number of amidine groups is 1. The predicted octanol–water partition coefficient (Wildman–Crippen LogP) is 3.85. The molecule has 3 aromatic rings. The van der Waals surface area contributed by atoms with Crippen LogP contribution in [0.25, 0.3) is 11.0 Å². The van der Waals surface area contributed by atoms with E-state index in [1.165, 1.54) is 35.1 Å². The number of pyridine rings is 1. The number of benzene rings is 1. The Morgan fingerprint density at radius 3 is 2.86 bits per heavy atom. The van der Waals surface area contributed by atoms with Gasteiger partial charge in [-0.3, -0.25) is 9.78 Å². The Morgan fingerprint density at radius 2 is 2.11 bits per heavy atom. The van der Waals surface area contributed by atoms with E-state index in [4.69, 9.17) is 5.73 Å². The number of carbonyl (C=O) groups is 1.